The average molecular weight is 233 g/mol. The van der Waals surface area contributed by atoms with Gasteiger partial charge < -0.3 is 5.11 Å². The molecule has 1 heterocycles. The highest BCUT2D eigenvalue weighted by molar-refractivity contribution is 5.90. The maximum absolute atomic E-state index is 11.8. The molecule has 0 amide bonds. The summed E-state index contributed by atoms with van der Waals surface area (Å²) in [4.78, 5) is 24.8. The van der Waals surface area contributed by atoms with Crippen LogP contribution >= 0.6 is 0 Å². The number of Topliss-reactive ketones (excluding diaryl/α,β-unsaturated/α-hetero) is 1. The quantitative estimate of drug-likeness (QED) is 0.863. The van der Waals surface area contributed by atoms with Crippen LogP contribution in [-0.4, -0.2) is 34.8 Å². The number of carbonyl (C=O) groups excluding carboxylic acids is 1. The summed E-state index contributed by atoms with van der Waals surface area (Å²) in [7, 11) is 0. The number of carboxylic acid groups (broad SMARTS) is 1. The van der Waals surface area contributed by atoms with Crippen molar-refractivity contribution in [3.63, 3.8) is 0 Å². The monoisotopic (exact) mass is 233 g/mol. The number of benzene rings is 1. The van der Waals surface area contributed by atoms with E-state index in [4.69, 9.17) is 5.11 Å². The summed E-state index contributed by atoms with van der Waals surface area (Å²) in [6.45, 7) is 3.57. The summed E-state index contributed by atoms with van der Waals surface area (Å²) in [6.07, 6.45) is 0.551. The number of likely N-dealkylation sites (N-methyl/N-ethyl adjacent to an activating group) is 1. The number of ketones is 1. The number of rotatable bonds is 3. The van der Waals surface area contributed by atoms with Crippen molar-refractivity contribution in [3.05, 3.63) is 35.4 Å². The lowest BCUT2D eigenvalue weighted by Gasteiger charge is -2.21. The minimum Gasteiger partial charge on any atom is -0.478 e. The highest BCUT2D eigenvalue weighted by atomic mass is 16.4. The molecular formula is C13H15NO3. The lowest BCUT2D eigenvalue weighted by molar-refractivity contribution is -0.120. The molecule has 0 bridgehead atoms. The lowest BCUT2D eigenvalue weighted by atomic mass is 10.0. The molecule has 1 fully saturated rings. The lowest BCUT2D eigenvalue weighted by Crippen LogP contribution is -2.25. The Morgan fingerprint density at radius 3 is 2.94 bits per heavy atom. The first kappa shape index (κ1) is 11.8. The molecule has 0 aliphatic carbocycles. The first-order chi connectivity index (χ1) is 8.13. The predicted octanol–water partition coefficient (Wildman–Crippen LogP) is 1.72. The molecule has 90 valence electrons. The molecule has 1 N–H and O–H groups in total. The number of carbonyl (C=O) groups is 2. The first-order valence-corrected chi connectivity index (χ1v) is 5.73. The third-order valence-corrected chi connectivity index (χ3v) is 3.17. The Balaban J connectivity index is 2.35. The van der Waals surface area contributed by atoms with Crippen molar-refractivity contribution >= 4 is 11.8 Å². The van der Waals surface area contributed by atoms with Gasteiger partial charge in [-0.1, -0.05) is 19.1 Å². The normalized spacial score (nSPS) is 20.8. The van der Waals surface area contributed by atoms with Crippen LogP contribution in [0.2, 0.25) is 0 Å². The van der Waals surface area contributed by atoms with Crippen LogP contribution in [0.1, 0.15) is 35.3 Å². The molecule has 4 heteroatoms. The van der Waals surface area contributed by atoms with Gasteiger partial charge in [0.1, 0.15) is 0 Å². The van der Waals surface area contributed by atoms with Gasteiger partial charge in [0.05, 0.1) is 11.6 Å². The molecule has 1 saturated heterocycles. The number of hydrogen-bond donors (Lipinski definition) is 1. The van der Waals surface area contributed by atoms with Crippen LogP contribution in [0.3, 0.4) is 0 Å². The molecule has 1 aromatic rings. The molecule has 1 aromatic carbocycles. The van der Waals surface area contributed by atoms with Crippen LogP contribution in [0.4, 0.5) is 0 Å². The topological polar surface area (TPSA) is 57.6 Å². The number of carboxylic acids is 1. The van der Waals surface area contributed by atoms with Crippen molar-refractivity contribution < 1.29 is 14.7 Å². The van der Waals surface area contributed by atoms with E-state index in [2.05, 4.69) is 4.90 Å². The molecule has 4 nitrogen and oxygen atoms in total. The second-order valence-electron chi connectivity index (χ2n) is 4.18. The highest BCUT2D eigenvalue weighted by Crippen LogP contribution is 2.29. The van der Waals surface area contributed by atoms with Gasteiger partial charge in [-0.25, -0.2) is 4.79 Å². The van der Waals surface area contributed by atoms with Crippen LogP contribution in [-0.2, 0) is 4.79 Å². The van der Waals surface area contributed by atoms with Crippen LogP contribution in [0.5, 0.6) is 0 Å². The van der Waals surface area contributed by atoms with E-state index in [9.17, 15) is 9.59 Å². The van der Waals surface area contributed by atoms with Crippen LogP contribution < -0.4 is 0 Å². The van der Waals surface area contributed by atoms with E-state index in [1.807, 2.05) is 13.0 Å². The number of nitrogens with zero attached hydrogens (tertiary/aromatic N) is 1. The van der Waals surface area contributed by atoms with E-state index in [0.29, 0.717) is 6.42 Å². The summed E-state index contributed by atoms with van der Waals surface area (Å²) in [5.74, 6) is -0.783. The zero-order valence-electron chi connectivity index (χ0n) is 9.72. The Bertz CT molecular complexity index is 456. The van der Waals surface area contributed by atoms with E-state index in [0.717, 1.165) is 18.7 Å². The van der Waals surface area contributed by atoms with E-state index < -0.39 is 5.97 Å². The van der Waals surface area contributed by atoms with Gasteiger partial charge in [-0.05, 0) is 24.2 Å². The fourth-order valence-corrected chi connectivity index (χ4v) is 2.30. The van der Waals surface area contributed by atoms with Crippen molar-refractivity contribution in [1.82, 2.24) is 4.90 Å². The summed E-state index contributed by atoms with van der Waals surface area (Å²) in [6, 6.07) is 6.39. The molecule has 1 aliphatic rings. The molecule has 0 aromatic heterocycles. The van der Waals surface area contributed by atoms with E-state index in [1.165, 1.54) is 0 Å². The zero-order valence-corrected chi connectivity index (χ0v) is 9.72. The highest BCUT2D eigenvalue weighted by Gasteiger charge is 2.32. The van der Waals surface area contributed by atoms with Crippen LogP contribution in [0.15, 0.2) is 24.3 Å². The molecule has 1 aliphatic heterocycles. The van der Waals surface area contributed by atoms with Crippen LogP contribution in [0.25, 0.3) is 0 Å². The third-order valence-electron chi connectivity index (χ3n) is 3.17. The standard InChI is InChI=1S/C13H15NO3/c1-2-14-7-6-11(15)12(14)9-4-3-5-10(8-9)13(16)17/h3-5,8,12H,2,6-7H2,1H3,(H,16,17). The second kappa shape index (κ2) is 4.67. The summed E-state index contributed by atoms with van der Waals surface area (Å²) >= 11 is 0. The van der Waals surface area contributed by atoms with Gasteiger partial charge in [-0.3, -0.25) is 9.69 Å². The SMILES string of the molecule is CCN1CCC(=O)C1c1cccc(C(=O)O)c1. The van der Waals surface area contributed by atoms with Crippen molar-refractivity contribution in [3.8, 4) is 0 Å². The minimum absolute atomic E-state index is 0.175. The third kappa shape index (κ3) is 2.22. The molecule has 2 rings (SSSR count). The van der Waals surface area contributed by atoms with Gasteiger partial charge in [0, 0.05) is 13.0 Å². The Morgan fingerprint density at radius 2 is 2.29 bits per heavy atom. The number of aromatic carboxylic acids is 1. The average Bonchev–Trinajstić information content (AvgIpc) is 2.70. The fraction of sp³-hybridized carbons (Fsp3) is 0.385. The molecule has 0 saturated carbocycles. The Kier molecular flexibility index (Phi) is 3.24. The van der Waals surface area contributed by atoms with Gasteiger partial charge >= 0.3 is 5.97 Å². The minimum atomic E-state index is -0.958. The van der Waals surface area contributed by atoms with Crippen LogP contribution in [0, 0.1) is 0 Å². The zero-order chi connectivity index (χ0) is 12.4. The van der Waals surface area contributed by atoms with Gasteiger partial charge in [0.15, 0.2) is 5.78 Å². The molecule has 1 atom stereocenters. The number of hydrogen-bond acceptors (Lipinski definition) is 3. The van der Waals surface area contributed by atoms with Gasteiger partial charge in [0.2, 0.25) is 0 Å². The summed E-state index contributed by atoms with van der Waals surface area (Å²) < 4.78 is 0. The van der Waals surface area contributed by atoms with Gasteiger partial charge in [-0.2, -0.15) is 0 Å². The Hall–Kier alpha value is -1.68. The van der Waals surface area contributed by atoms with Crippen molar-refractivity contribution in [2.45, 2.75) is 19.4 Å². The molecule has 0 radical (unpaired) electrons. The first-order valence-electron chi connectivity index (χ1n) is 5.73. The second-order valence-corrected chi connectivity index (χ2v) is 4.18. The fourth-order valence-electron chi connectivity index (χ4n) is 2.30. The molecule has 17 heavy (non-hydrogen) atoms. The van der Waals surface area contributed by atoms with E-state index >= 15 is 0 Å². The maximum atomic E-state index is 11.8. The van der Waals surface area contributed by atoms with Crippen molar-refractivity contribution in [2.75, 3.05) is 13.1 Å². The van der Waals surface area contributed by atoms with E-state index in [1.54, 1.807) is 18.2 Å². The predicted molar refractivity (Wildman–Crippen MR) is 63.0 cm³/mol. The molecule has 0 spiro atoms. The summed E-state index contributed by atoms with van der Waals surface area (Å²) in [5, 5.41) is 8.94. The van der Waals surface area contributed by atoms with E-state index in [-0.39, 0.29) is 17.4 Å². The molecular weight excluding hydrogens is 218 g/mol. The van der Waals surface area contributed by atoms with Crippen molar-refractivity contribution in [1.29, 1.82) is 0 Å². The molecule has 1 unspecified atom stereocenters. The number of likely N-dealkylation sites (tertiary alicyclic amines) is 1. The largest absolute Gasteiger partial charge is 0.478 e. The Morgan fingerprint density at radius 1 is 1.53 bits per heavy atom. The van der Waals surface area contributed by atoms with Gasteiger partial charge in [-0.15, -0.1) is 0 Å². The summed E-state index contributed by atoms with van der Waals surface area (Å²) in [5.41, 5.74) is 1.02. The maximum Gasteiger partial charge on any atom is 0.335 e. The van der Waals surface area contributed by atoms with Gasteiger partial charge in [0.25, 0.3) is 0 Å². The van der Waals surface area contributed by atoms with Crippen molar-refractivity contribution in [2.24, 2.45) is 0 Å². The Labute approximate surface area is 99.9 Å². The smallest absolute Gasteiger partial charge is 0.335 e.